The predicted molar refractivity (Wildman–Crippen MR) is 73.6 cm³/mol. The number of aryl methyl sites for hydroxylation is 1. The number of rotatable bonds is 1. The van der Waals surface area contributed by atoms with Crippen LogP contribution >= 0.6 is 0 Å². The second kappa shape index (κ2) is 3.10. The molecule has 0 unspecified atom stereocenters. The fraction of sp³-hybridized carbons (Fsp3) is 0.176. The second-order valence-electron chi connectivity index (χ2n) is 4.92. The average molecular weight is 218 g/mol. The maximum Gasteiger partial charge on any atom is -0.00130 e. The molecular weight excluding hydrogens is 204 g/mol. The molecule has 0 saturated heterocycles. The van der Waals surface area contributed by atoms with E-state index < -0.39 is 0 Å². The summed E-state index contributed by atoms with van der Waals surface area (Å²) in [6.45, 7) is 2.24. The zero-order valence-electron chi connectivity index (χ0n) is 9.96. The van der Waals surface area contributed by atoms with E-state index in [1.165, 1.54) is 38.2 Å². The number of hydrogen-bond acceptors (Lipinski definition) is 0. The highest BCUT2D eigenvalue weighted by Gasteiger charge is 2.17. The van der Waals surface area contributed by atoms with Crippen molar-refractivity contribution in [3.63, 3.8) is 0 Å². The quantitative estimate of drug-likeness (QED) is 0.414. The van der Waals surface area contributed by atoms with E-state index >= 15 is 0 Å². The molecule has 3 aromatic rings. The van der Waals surface area contributed by atoms with Crippen molar-refractivity contribution in [1.82, 2.24) is 0 Å². The molecular formula is C17H14. The molecule has 0 fully saturated rings. The molecule has 0 heterocycles. The van der Waals surface area contributed by atoms with Gasteiger partial charge in [-0.2, -0.15) is 0 Å². The first-order chi connectivity index (χ1) is 8.38. The van der Waals surface area contributed by atoms with Crippen LogP contribution in [0.15, 0.2) is 42.5 Å². The van der Waals surface area contributed by atoms with Crippen LogP contribution in [-0.2, 0) is 12.8 Å². The van der Waals surface area contributed by atoms with Crippen molar-refractivity contribution in [2.45, 2.75) is 19.8 Å². The summed E-state index contributed by atoms with van der Waals surface area (Å²) in [6.07, 6.45) is 2.22. The maximum atomic E-state index is 2.32. The standard InChI is InChI=1S/C17H14/c1-2-11-6-7-14-10-13-5-3-4-12-8-9-15(11)17(14)16(12)13/h3-9H,2,10H2,1H3. The zero-order valence-corrected chi connectivity index (χ0v) is 9.96. The first kappa shape index (κ1) is 9.23. The van der Waals surface area contributed by atoms with E-state index in [0.29, 0.717) is 0 Å². The van der Waals surface area contributed by atoms with E-state index in [1.54, 1.807) is 0 Å². The molecule has 82 valence electrons. The van der Waals surface area contributed by atoms with Gasteiger partial charge in [0, 0.05) is 0 Å². The van der Waals surface area contributed by atoms with Crippen molar-refractivity contribution in [1.29, 1.82) is 0 Å². The highest BCUT2D eigenvalue weighted by atomic mass is 14.2. The molecule has 0 heteroatoms. The Morgan fingerprint density at radius 2 is 1.76 bits per heavy atom. The predicted octanol–water partition coefficient (Wildman–Crippen LogP) is 4.46. The van der Waals surface area contributed by atoms with Crippen LogP contribution in [0, 0.1) is 0 Å². The number of hydrogen-bond donors (Lipinski definition) is 0. The Hall–Kier alpha value is -1.82. The van der Waals surface area contributed by atoms with Crippen molar-refractivity contribution < 1.29 is 0 Å². The summed E-state index contributed by atoms with van der Waals surface area (Å²) in [7, 11) is 0. The van der Waals surface area contributed by atoms with E-state index in [0.717, 1.165) is 12.8 Å². The smallest absolute Gasteiger partial charge is 0.00130 e. The lowest BCUT2D eigenvalue weighted by molar-refractivity contribution is 1.15. The van der Waals surface area contributed by atoms with Gasteiger partial charge in [0.05, 0.1) is 0 Å². The lowest BCUT2D eigenvalue weighted by atomic mass is 9.97. The first-order valence-electron chi connectivity index (χ1n) is 6.33. The van der Waals surface area contributed by atoms with Gasteiger partial charge in [0.2, 0.25) is 0 Å². The molecule has 0 N–H and O–H groups in total. The van der Waals surface area contributed by atoms with Gasteiger partial charge in [-0.3, -0.25) is 0 Å². The molecule has 0 atom stereocenters. The molecule has 0 saturated carbocycles. The molecule has 3 aromatic carbocycles. The molecule has 0 aromatic heterocycles. The summed E-state index contributed by atoms with van der Waals surface area (Å²) >= 11 is 0. The molecule has 0 amide bonds. The summed E-state index contributed by atoms with van der Waals surface area (Å²) in [5.74, 6) is 0. The van der Waals surface area contributed by atoms with Crippen LogP contribution in [0.3, 0.4) is 0 Å². The Morgan fingerprint density at radius 3 is 2.65 bits per heavy atom. The molecule has 0 radical (unpaired) electrons. The minimum atomic E-state index is 1.11. The van der Waals surface area contributed by atoms with Crippen LogP contribution in [0.5, 0.6) is 0 Å². The zero-order chi connectivity index (χ0) is 11.4. The minimum Gasteiger partial charge on any atom is -0.0613 e. The van der Waals surface area contributed by atoms with Crippen LogP contribution in [0.4, 0.5) is 0 Å². The van der Waals surface area contributed by atoms with E-state index in [2.05, 4.69) is 49.4 Å². The molecule has 17 heavy (non-hydrogen) atoms. The van der Waals surface area contributed by atoms with E-state index in [4.69, 9.17) is 0 Å². The molecule has 0 aliphatic heterocycles. The lowest BCUT2D eigenvalue weighted by Gasteiger charge is -2.07. The monoisotopic (exact) mass is 218 g/mol. The molecule has 4 rings (SSSR count). The summed E-state index contributed by atoms with van der Waals surface area (Å²) in [5.41, 5.74) is 4.47. The van der Waals surface area contributed by atoms with Crippen molar-refractivity contribution >= 4 is 21.5 Å². The van der Waals surface area contributed by atoms with Crippen LogP contribution in [0.2, 0.25) is 0 Å². The Labute approximate surface area is 101 Å². The van der Waals surface area contributed by atoms with Crippen molar-refractivity contribution in [3.05, 3.63) is 59.2 Å². The summed E-state index contributed by atoms with van der Waals surface area (Å²) in [4.78, 5) is 0. The minimum absolute atomic E-state index is 1.11. The first-order valence-corrected chi connectivity index (χ1v) is 6.33. The van der Waals surface area contributed by atoms with Crippen molar-refractivity contribution in [2.24, 2.45) is 0 Å². The molecule has 0 bridgehead atoms. The number of benzene rings is 3. The van der Waals surface area contributed by atoms with E-state index in [-0.39, 0.29) is 0 Å². The lowest BCUT2D eigenvalue weighted by Crippen LogP contribution is -1.86. The van der Waals surface area contributed by atoms with Crippen LogP contribution < -0.4 is 0 Å². The summed E-state index contributed by atoms with van der Waals surface area (Å²) in [6, 6.07) is 15.9. The van der Waals surface area contributed by atoms with Crippen molar-refractivity contribution in [2.75, 3.05) is 0 Å². The topological polar surface area (TPSA) is 0 Å². The van der Waals surface area contributed by atoms with Gasteiger partial charge in [0.25, 0.3) is 0 Å². The third-order valence-electron chi connectivity index (χ3n) is 4.05. The van der Waals surface area contributed by atoms with Gasteiger partial charge in [0.15, 0.2) is 0 Å². The maximum absolute atomic E-state index is 2.32. The Bertz CT molecular complexity index is 751. The Balaban J connectivity index is 2.31. The van der Waals surface area contributed by atoms with Crippen LogP contribution in [0.25, 0.3) is 21.5 Å². The van der Waals surface area contributed by atoms with Gasteiger partial charge in [-0.15, -0.1) is 0 Å². The third kappa shape index (κ3) is 1.08. The molecule has 0 spiro atoms. The third-order valence-corrected chi connectivity index (χ3v) is 4.05. The van der Waals surface area contributed by atoms with E-state index in [9.17, 15) is 0 Å². The Kier molecular flexibility index (Phi) is 1.69. The van der Waals surface area contributed by atoms with Gasteiger partial charge in [-0.05, 0) is 51.1 Å². The SMILES string of the molecule is CCc1ccc2c3c1ccc1cccc(c13)C2. The molecule has 1 aliphatic rings. The van der Waals surface area contributed by atoms with Gasteiger partial charge < -0.3 is 0 Å². The fourth-order valence-corrected chi connectivity index (χ4v) is 3.24. The van der Waals surface area contributed by atoms with Crippen molar-refractivity contribution in [3.8, 4) is 0 Å². The average Bonchev–Trinajstić information content (AvgIpc) is 2.76. The van der Waals surface area contributed by atoms with Gasteiger partial charge >= 0.3 is 0 Å². The van der Waals surface area contributed by atoms with Gasteiger partial charge in [-0.25, -0.2) is 0 Å². The molecule has 0 nitrogen and oxygen atoms in total. The van der Waals surface area contributed by atoms with Crippen LogP contribution in [0.1, 0.15) is 23.6 Å². The second-order valence-corrected chi connectivity index (χ2v) is 4.92. The van der Waals surface area contributed by atoms with Gasteiger partial charge in [0.1, 0.15) is 0 Å². The highest BCUT2D eigenvalue weighted by Crippen LogP contribution is 2.39. The van der Waals surface area contributed by atoms with Gasteiger partial charge in [-0.1, -0.05) is 49.4 Å². The summed E-state index contributed by atoms with van der Waals surface area (Å²) < 4.78 is 0. The largest absolute Gasteiger partial charge is 0.0613 e. The fourth-order valence-electron chi connectivity index (χ4n) is 3.24. The normalized spacial score (nSPS) is 13.0. The highest BCUT2D eigenvalue weighted by molar-refractivity contribution is 6.14. The Morgan fingerprint density at radius 1 is 0.882 bits per heavy atom. The molecule has 1 aliphatic carbocycles. The van der Waals surface area contributed by atoms with E-state index in [1.807, 2.05) is 0 Å². The summed E-state index contributed by atoms with van der Waals surface area (Å²) in [5, 5.41) is 5.86. The van der Waals surface area contributed by atoms with Crippen LogP contribution in [-0.4, -0.2) is 0 Å².